The van der Waals surface area contributed by atoms with Gasteiger partial charge in [-0.2, -0.15) is 8.42 Å². The number of carbonyl (C=O) groups excluding carboxylic acids is 1. The van der Waals surface area contributed by atoms with Crippen LogP contribution in [0.15, 0.2) is 68.8 Å². The molecule has 0 fully saturated rings. The molecule has 3 rings (SSSR count). The van der Waals surface area contributed by atoms with Gasteiger partial charge in [0, 0.05) is 5.69 Å². The number of nitrogens with one attached hydrogen (secondary N) is 1. The van der Waals surface area contributed by atoms with Crippen molar-refractivity contribution in [1.82, 2.24) is 0 Å². The molecule has 23 heavy (non-hydrogen) atoms. The third kappa shape index (κ3) is 3.61. The highest BCUT2D eigenvalue weighted by Gasteiger charge is 2.17. The predicted octanol–water partition coefficient (Wildman–Crippen LogP) is 3.36. The Balaban J connectivity index is 1.69. The van der Waals surface area contributed by atoms with Crippen molar-refractivity contribution in [1.29, 1.82) is 0 Å². The van der Waals surface area contributed by atoms with Crippen LogP contribution in [-0.2, 0) is 10.1 Å². The smallest absolute Gasteiger partial charge is 0.348 e. The Labute approximate surface area is 136 Å². The molecule has 8 heteroatoms. The Bertz CT molecular complexity index is 882. The van der Waals surface area contributed by atoms with Crippen molar-refractivity contribution in [2.24, 2.45) is 0 Å². The Hall–Kier alpha value is -2.58. The topological polar surface area (TPSA) is 85.6 Å². The van der Waals surface area contributed by atoms with Crippen LogP contribution in [0.25, 0.3) is 0 Å². The fraction of sp³-hybridized carbons (Fsp3) is 0. The maximum Gasteiger partial charge on any atom is 0.348 e. The summed E-state index contributed by atoms with van der Waals surface area (Å²) in [5.41, 5.74) is 0.493. The van der Waals surface area contributed by atoms with Crippen molar-refractivity contribution < 1.29 is 21.8 Å². The first-order chi connectivity index (χ1) is 11.0. The van der Waals surface area contributed by atoms with Crippen molar-refractivity contribution >= 4 is 33.0 Å². The van der Waals surface area contributed by atoms with Gasteiger partial charge in [-0.05, 0) is 47.8 Å². The molecule has 0 saturated carbocycles. The summed E-state index contributed by atoms with van der Waals surface area (Å²) >= 11 is 1.08. The molecule has 0 aliphatic heterocycles. The maximum atomic E-state index is 12.0. The van der Waals surface area contributed by atoms with Gasteiger partial charge < -0.3 is 13.9 Å². The average Bonchev–Trinajstić information content (AvgIpc) is 3.23. The Kier molecular flexibility index (Phi) is 4.18. The lowest BCUT2D eigenvalue weighted by atomic mass is 10.3. The molecule has 0 spiro atoms. The van der Waals surface area contributed by atoms with Gasteiger partial charge in [0.05, 0.1) is 6.26 Å². The first-order valence-corrected chi connectivity index (χ1v) is 8.76. The number of benzene rings is 1. The molecule has 1 N–H and O–H groups in total. The summed E-state index contributed by atoms with van der Waals surface area (Å²) in [6.07, 6.45) is 1.40. The third-order valence-corrected chi connectivity index (χ3v) is 5.41. The van der Waals surface area contributed by atoms with Gasteiger partial charge in [0.1, 0.15) is 5.75 Å². The highest BCUT2D eigenvalue weighted by molar-refractivity contribution is 7.89. The molecule has 0 saturated heterocycles. The number of hydrogen-bond acceptors (Lipinski definition) is 6. The molecular weight excluding hydrogens is 338 g/mol. The largest absolute Gasteiger partial charge is 0.459 e. The van der Waals surface area contributed by atoms with E-state index >= 15 is 0 Å². The zero-order valence-electron chi connectivity index (χ0n) is 11.6. The van der Waals surface area contributed by atoms with Gasteiger partial charge in [-0.25, -0.2) is 0 Å². The summed E-state index contributed by atoms with van der Waals surface area (Å²) in [5.74, 6) is -0.0464. The molecular formula is C15H11NO5S2. The Morgan fingerprint density at radius 3 is 2.48 bits per heavy atom. The summed E-state index contributed by atoms with van der Waals surface area (Å²) in [6.45, 7) is 0. The van der Waals surface area contributed by atoms with Crippen LogP contribution >= 0.6 is 11.3 Å². The Morgan fingerprint density at radius 2 is 1.87 bits per heavy atom. The number of hydrogen-bond donors (Lipinski definition) is 1. The summed E-state index contributed by atoms with van der Waals surface area (Å²) in [6, 6.07) is 12.3. The lowest BCUT2D eigenvalue weighted by Gasteiger charge is -2.07. The van der Waals surface area contributed by atoms with Crippen LogP contribution in [-0.4, -0.2) is 14.3 Å². The molecule has 2 heterocycles. The zero-order chi connectivity index (χ0) is 16.3. The van der Waals surface area contributed by atoms with E-state index in [1.165, 1.54) is 24.5 Å². The van der Waals surface area contributed by atoms with E-state index in [0.29, 0.717) is 5.69 Å². The molecule has 3 aromatic rings. The van der Waals surface area contributed by atoms with Gasteiger partial charge in [-0.15, -0.1) is 11.3 Å². The summed E-state index contributed by atoms with van der Waals surface area (Å²) in [4.78, 5) is 11.8. The second-order valence-electron chi connectivity index (χ2n) is 4.43. The van der Waals surface area contributed by atoms with Gasteiger partial charge in [0.15, 0.2) is 9.97 Å². The van der Waals surface area contributed by atoms with E-state index in [4.69, 9.17) is 8.60 Å². The first-order valence-electron chi connectivity index (χ1n) is 6.47. The molecule has 2 aromatic heterocycles. The highest BCUT2D eigenvalue weighted by atomic mass is 32.3. The van der Waals surface area contributed by atoms with Gasteiger partial charge >= 0.3 is 10.1 Å². The fourth-order valence-electron chi connectivity index (χ4n) is 1.77. The molecule has 1 aromatic carbocycles. The standard InChI is InChI=1S/C15H11NO5S2/c17-15(13-3-1-9-20-13)16-11-5-7-12(8-6-11)21-23(18,19)14-4-2-10-22-14/h1-10H,(H,16,17). The van der Waals surface area contributed by atoms with E-state index < -0.39 is 16.0 Å². The van der Waals surface area contributed by atoms with E-state index in [0.717, 1.165) is 11.3 Å². The van der Waals surface area contributed by atoms with E-state index in [1.54, 1.807) is 35.7 Å². The van der Waals surface area contributed by atoms with Gasteiger partial charge in [-0.1, -0.05) is 6.07 Å². The van der Waals surface area contributed by atoms with Gasteiger partial charge in [-0.3, -0.25) is 4.79 Å². The number of amides is 1. The summed E-state index contributed by atoms with van der Waals surface area (Å²) in [7, 11) is -3.83. The summed E-state index contributed by atoms with van der Waals surface area (Å²) in [5, 5.41) is 4.28. The molecule has 0 aliphatic carbocycles. The Morgan fingerprint density at radius 1 is 1.09 bits per heavy atom. The number of carbonyl (C=O) groups is 1. The molecule has 6 nitrogen and oxygen atoms in total. The number of furan rings is 1. The normalized spacial score (nSPS) is 11.1. The second-order valence-corrected chi connectivity index (χ2v) is 7.15. The molecule has 0 aliphatic rings. The molecule has 0 unspecified atom stereocenters. The quantitative estimate of drug-likeness (QED) is 0.714. The van der Waals surface area contributed by atoms with Crippen molar-refractivity contribution in [3.63, 3.8) is 0 Å². The summed E-state index contributed by atoms with van der Waals surface area (Å²) < 4.78 is 34.1. The van der Waals surface area contributed by atoms with Crippen LogP contribution in [0.5, 0.6) is 5.75 Å². The molecule has 1 amide bonds. The zero-order valence-corrected chi connectivity index (χ0v) is 13.3. The van der Waals surface area contributed by atoms with E-state index in [9.17, 15) is 13.2 Å². The second kappa shape index (κ2) is 6.27. The highest BCUT2D eigenvalue weighted by Crippen LogP contribution is 2.23. The van der Waals surface area contributed by atoms with E-state index in [2.05, 4.69) is 5.32 Å². The number of thiophene rings is 1. The van der Waals surface area contributed by atoms with Crippen LogP contribution < -0.4 is 9.50 Å². The van der Waals surface area contributed by atoms with Crippen LogP contribution in [0, 0.1) is 0 Å². The minimum Gasteiger partial charge on any atom is -0.459 e. The molecule has 0 atom stereocenters. The van der Waals surface area contributed by atoms with Crippen molar-refractivity contribution in [2.75, 3.05) is 5.32 Å². The SMILES string of the molecule is O=C(Nc1ccc(OS(=O)(=O)c2cccs2)cc1)c1ccco1. The average molecular weight is 349 g/mol. The van der Waals surface area contributed by atoms with E-state index in [-0.39, 0.29) is 15.7 Å². The van der Waals surface area contributed by atoms with Crippen molar-refractivity contribution in [3.05, 3.63) is 65.9 Å². The van der Waals surface area contributed by atoms with Crippen molar-refractivity contribution in [2.45, 2.75) is 4.21 Å². The van der Waals surface area contributed by atoms with Gasteiger partial charge in [0.2, 0.25) is 0 Å². The van der Waals surface area contributed by atoms with E-state index in [1.807, 2.05) is 0 Å². The third-order valence-electron chi connectivity index (χ3n) is 2.80. The number of rotatable bonds is 5. The van der Waals surface area contributed by atoms with Gasteiger partial charge in [0.25, 0.3) is 5.91 Å². The molecule has 0 radical (unpaired) electrons. The lowest BCUT2D eigenvalue weighted by Crippen LogP contribution is -2.11. The maximum absolute atomic E-state index is 12.0. The monoisotopic (exact) mass is 349 g/mol. The molecule has 0 bridgehead atoms. The van der Waals surface area contributed by atoms with Crippen LogP contribution in [0.3, 0.4) is 0 Å². The minimum atomic E-state index is -3.83. The van der Waals surface area contributed by atoms with Crippen LogP contribution in [0.2, 0.25) is 0 Å². The first kappa shape index (κ1) is 15.3. The number of anilines is 1. The van der Waals surface area contributed by atoms with Crippen molar-refractivity contribution in [3.8, 4) is 5.75 Å². The lowest BCUT2D eigenvalue weighted by molar-refractivity contribution is 0.0996. The van der Waals surface area contributed by atoms with Crippen LogP contribution in [0.1, 0.15) is 10.6 Å². The minimum absolute atomic E-state index is 0.132. The molecule has 118 valence electrons. The van der Waals surface area contributed by atoms with Crippen LogP contribution in [0.4, 0.5) is 5.69 Å². The fourth-order valence-corrected chi connectivity index (χ4v) is 3.65. The predicted molar refractivity (Wildman–Crippen MR) is 85.2 cm³/mol.